The first-order valence-electron chi connectivity index (χ1n) is 5.57. The van der Waals surface area contributed by atoms with Gasteiger partial charge in [0.2, 0.25) is 5.88 Å². The van der Waals surface area contributed by atoms with Crippen molar-refractivity contribution in [3.63, 3.8) is 0 Å². The first kappa shape index (κ1) is 13.0. The second-order valence-corrected chi connectivity index (χ2v) is 4.77. The predicted molar refractivity (Wildman–Crippen MR) is 75.6 cm³/mol. The first-order valence-corrected chi connectivity index (χ1v) is 6.35. The largest absolute Gasteiger partial charge is 0.479 e. The van der Waals surface area contributed by atoms with Crippen molar-refractivity contribution in [2.24, 2.45) is 0 Å². The van der Waals surface area contributed by atoms with Crippen LogP contribution >= 0.6 is 23.8 Å². The molecule has 0 unspecified atom stereocenters. The van der Waals surface area contributed by atoms with E-state index in [4.69, 9.17) is 28.6 Å². The van der Waals surface area contributed by atoms with Gasteiger partial charge in [0.15, 0.2) is 10.4 Å². The fraction of sp³-hybridized carbons (Fsp3) is 0.0833. The molecule has 0 radical (unpaired) electrons. The second kappa shape index (κ2) is 4.84. The van der Waals surface area contributed by atoms with Crippen molar-refractivity contribution >= 4 is 35.0 Å². The van der Waals surface area contributed by atoms with E-state index in [-0.39, 0.29) is 10.5 Å². The van der Waals surface area contributed by atoms with Gasteiger partial charge in [-0.1, -0.05) is 11.6 Å². The number of nitrogens with zero attached hydrogens (tertiary/aromatic N) is 3. The summed E-state index contributed by atoms with van der Waals surface area (Å²) in [7, 11) is 1.48. The topological polar surface area (TPSA) is 55.7 Å². The summed E-state index contributed by atoms with van der Waals surface area (Å²) in [6.45, 7) is 0. The lowest BCUT2D eigenvalue weighted by molar-refractivity contribution is 0.401. The number of fused-ring (bicyclic) bond motifs is 1. The Bertz CT molecular complexity index is 860. The molecule has 0 aliphatic heterocycles. The maximum Gasteiger partial charge on any atom is 0.242 e. The van der Waals surface area contributed by atoms with E-state index in [0.29, 0.717) is 22.1 Å². The summed E-state index contributed by atoms with van der Waals surface area (Å²) in [5.41, 5.74) is 1.14. The summed E-state index contributed by atoms with van der Waals surface area (Å²) >= 11 is 11.1. The number of halogens is 2. The first-order chi connectivity index (χ1) is 9.61. The van der Waals surface area contributed by atoms with Crippen molar-refractivity contribution in [1.82, 2.24) is 19.5 Å². The third-order valence-electron chi connectivity index (χ3n) is 2.78. The number of hydrogen-bond acceptors (Lipinski definition) is 4. The van der Waals surface area contributed by atoms with Crippen LogP contribution in [0.2, 0.25) is 5.02 Å². The molecule has 0 saturated heterocycles. The van der Waals surface area contributed by atoms with E-state index in [9.17, 15) is 4.39 Å². The molecule has 0 atom stereocenters. The molecule has 0 spiro atoms. The number of aromatic amines is 1. The highest BCUT2D eigenvalue weighted by molar-refractivity contribution is 7.71. The molecule has 20 heavy (non-hydrogen) atoms. The smallest absolute Gasteiger partial charge is 0.242 e. The number of methoxy groups -OCH3 is 1. The maximum atomic E-state index is 14.0. The fourth-order valence-electron chi connectivity index (χ4n) is 1.93. The Morgan fingerprint density at radius 2 is 2.20 bits per heavy atom. The predicted octanol–water partition coefficient (Wildman–Crippen LogP) is 3.28. The number of rotatable bonds is 2. The second-order valence-electron chi connectivity index (χ2n) is 3.94. The van der Waals surface area contributed by atoms with Crippen LogP contribution in [0.1, 0.15) is 0 Å². The van der Waals surface area contributed by atoms with Crippen molar-refractivity contribution in [2.75, 3.05) is 7.11 Å². The lowest BCUT2D eigenvalue weighted by atomic mass is 10.3. The zero-order valence-corrected chi connectivity index (χ0v) is 11.8. The molecule has 2 aromatic heterocycles. The normalized spacial score (nSPS) is 10.9. The van der Waals surface area contributed by atoms with E-state index < -0.39 is 5.82 Å². The van der Waals surface area contributed by atoms with Gasteiger partial charge in [0, 0.05) is 5.02 Å². The standard InChI is InChI=1S/C12H8ClFN4OS/c1-19-11-9-10(15-5-16-11)18(12(20)17-9)8-4-6(13)2-3-7(8)14/h2-5H,1H3,(H,17,20). The molecule has 0 aliphatic rings. The van der Waals surface area contributed by atoms with Crippen LogP contribution in [-0.4, -0.2) is 26.6 Å². The number of nitrogens with one attached hydrogen (secondary N) is 1. The molecule has 0 amide bonds. The number of aromatic nitrogens is 4. The third kappa shape index (κ3) is 1.95. The van der Waals surface area contributed by atoms with Crippen LogP contribution < -0.4 is 4.74 Å². The van der Waals surface area contributed by atoms with Crippen LogP contribution in [0.5, 0.6) is 5.88 Å². The van der Waals surface area contributed by atoms with Crippen LogP contribution in [0.4, 0.5) is 4.39 Å². The Kier molecular flexibility index (Phi) is 3.15. The average molecular weight is 311 g/mol. The van der Waals surface area contributed by atoms with Crippen molar-refractivity contribution < 1.29 is 9.13 Å². The molecule has 1 N–H and O–H groups in total. The number of hydrogen-bond donors (Lipinski definition) is 1. The van der Waals surface area contributed by atoms with Gasteiger partial charge in [-0.15, -0.1) is 0 Å². The molecule has 0 bridgehead atoms. The van der Waals surface area contributed by atoms with Crippen LogP contribution in [0.3, 0.4) is 0 Å². The molecule has 5 nitrogen and oxygen atoms in total. The minimum atomic E-state index is -0.455. The van der Waals surface area contributed by atoms with E-state index in [0.717, 1.165) is 0 Å². The van der Waals surface area contributed by atoms with Gasteiger partial charge in [0.25, 0.3) is 0 Å². The Morgan fingerprint density at radius 3 is 2.95 bits per heavy atom. The Labute approximate surface area is 123 Å². The third-order valence-corrected chi connectivity index (χ3v) is 3.30. The highest BCUT2D eigenvalue weighted by atomic mass is 35.5. The summed E-state index contributed by atoms with van der Waals surface area (Å²) in [5.74, 6) is -0.119. The van der Waals surface area contributed by atoms with Gasteiger partial charge in [0.05, 0.1) is 12.8 Å². The Morgan fingerprint density at radius 1 is 1.40 bits per heavy atom. The molecule has 102 valence electrons. The van der Waals surface area contributed by atoms with Gasteiger partial charge in [0.1, 0.15) is 17.7 Å². The van der Waals surface area contributed by atoms with Crippen molar-refractivity contribution in [3.05, 3.63) is 40.1 Å². The minimum Gasteiger partial charge on any atom is -0.479 e. The quantitative estimate of drug-likeness (QED) is 0.738. The molecule has 3 rings (SSSR count). The summed E-state index contributed by atoms with van der Waals surface area (Å²) in [6, 6.07) is 4.22. The molecule has 0 fully saturated rings. The minimum absolute atomic E-state index is 0.217. The molecule has 2 heterocycles. The fourth-order valence-corrected chi connectivity index (χ4v) is 2.39. The van der Waals surface area contributed by atoms with E-state index in [1.54, 1.807) is 0 Å². The monoisotopic (exact) mass is 310 g/mol. The van der Waals surface area contributed by atoms with Crippen LogP contribution in [-0.2, 0) is 0 Å². The molecule has 0 aliphatic carbocycles. The van der Waals surface area contributed by atoms with Crippen LogP contribution in [0.25, 0.3) is 16.9 Å². The highest BCUT2D eigenvalue weighted by Crippen LogP contribution is 2.26. The number of ether oxygens (including phenoxy) is 1. The molecule has 0 saturated carbocycles. The summed E-state index contributed by atoms with van der Waals surface area (Å²) in [4.78, 5) is 11.0. The van der Waals surface area contributed by atoms with E-state index in [1.165, 1.54) is 36.2 Å². The van der Waals surface area contributed by atoms with Gasteiger partial charge < -0.3 is 9.72 Å². The zero-order valence-electron chi connectivity index (χ0n) is 10.2. The molecular formula is C12H8ClFN4OS. The average Bonchev–Trinajstić information content (AvgIpc) is 2.77. The van der Waals surface area contributed by atoms with E-state index in [2.05, 4.69) is 15.0 Å². The molecule has 8 heteroatoms. The lowest BCUT2D eigenvalue weighted by Gasteiger charge is -2.06. The van der Waals surface area contributed by atoms with Gasteiger partial charge in [-0.3, -0.25) is 4.57 Å². The number of benzene rings is 1. The summed E-state index contributed by atoms with van der Waals surface area (Å²) < 4.78 is 20.9. The van der Waals surface area contributed by atoms with Gasteiger partial charge >= 0.3 is 0 Å². The van der Waals surface area contributed by atoms with E-state index in [1.807, 2.05) is 0 Å². The van der Waals surface area contributed by atoms with Crippen LogP contribution in [0, 0.1) is 10.6 Å². The Hall–Kier alpha value is -1.99. The summed E-state index contributed by atoms with van der Waals surface area (Å²) in [6.07, 6.45) is 1.32. The molecular weight excluding hydrogens is 303 g/mol. The highest BCUT2D eigenvalue weighted by Gasteiger charge is 2.15. The van der Waals surface area contributed by atoms with Gasteiger partial charge in [-0.25, -0.2) is 9.37 Å². The van der Waals surface area contributed by atoms with Gasteiger partial charge in [-0.2, -0.15) is 4.98 Å². The number of imidazole rings is 1. The summed E-state index contributed by atoms with van der Waals surface area (Å²) in [5, 5.41) is 0.402. The lowest BCUT2D eigenvalue weighted by Crippen LogP contribution is -1.99. The molecule has 1 aromatic carbocycles. The van der Waals surface area contributed by atoms with E-state index >= 15 is 0 Å². The maximum absolute atomic E-state index is 14.0. The van der Waals surface area contributed by atoms with Crippen molar-refractivity contribution in [1.29, 1.82) is 0 Å². The number of H-pyrrole nitrogens is 1. The van der Waals surface area contributed by atoms with Gasteiger partial charge in [-0.05, 0) is 30.4 Å². The zero-order chi connectivity index (χ0) is 14.3. The molecule has 3 aromatic rings. The van der Waals surface area contributed by atoms with Crippen molar-refractivity contribution in [3.8, 4) is 11.6 Å². The Balaban J connectivity index is 2.40. The van der Waals surface area contributed by atoms with Crippen molar-refractivity contribution in [2.45, 2.75) is 0 Å². The SMILES string of the molecule is COc1ncnc2c1[nH]c(=S)n2-c1cc(Cl)ccc1F. The van der Waals surface area contributed by atoms with Crippen LogP contribution in [0.15, 0.2) is 24.5 Å².